The van der Waals surface area contributed by atoms with E-state index in [-0.39, 0.29) is 5.41 Å². The number of nitrogens with zero attached hydrogens (tertiary/aromatic N) is 7. The molecule has 0 N–H and O–H groups in total. The maximum atomic E-state index is 9.12. The molecule has 0 atom stereocenters. The van der Waals surface area contributed by atoms with Crippen molar-refractivity contribution in [3.05, 3.63) is 58.5 Å². The maximum absolute atomic E-state index is 9.12. The van der Waals surface area contributed by atoms with Crippen molar-refractivity contribution >= 4 is 18.0 Å². The topological polar surface area (TPSA) is 65.9 Å². The minimum absolute atomic E-state index is 0.122. The van der Waals surface area contributed by atoms with Crippen molar-refractivity contribution < 1.29 is 0 Å². The number of aromatic nitrogens is 4. The zero-order valence-electron chi connectivity index (χ0n) is 19.1. The van der Waals surface area contributed by atoms with Crippen LogP contribution in [0.25, 0.3) is 11.4 Å². The summed E-state index contributed by atoms with van der Waals surface area (Å²) in [6.45, 7) is 10.8. The van der Waals surface area contributed by atoms with Crippen LogP contribution in [0.5, 0.6) is 0 Å². The first-order valence-corrected chi connectivity index (χ1v) is 11.3. The van der Waals surface area contributed by atoms with Gasteiger partial charge < -0.3 is 9.47 Å². The minimum Gasteiger partial charge on any atom is -0.354 e. The Kier molecular flexibility index (Phi) is 6.13. The van der Waals surface area contributed by atoms with Gasteiger partial charge in [0.1, 0.15) is 5.82 Å². The number of hydrogen-bond donors (Lipinski definition) is 0. The number of pyridine rings is 1. The molecule has 166 valence electrons. The smallest absolute Gasteiger partial charge is 0.199 e. The van der Waals surface area contributed by atoms with Crippen molar-refractivity contribution in [3.63, 3.8) is 0 Å². The number of piperazine rings is 1. The monoisotopic (exact) mass is 447 g/mol. The molecule has 0 spiro atoms. The van der Waals surface area contributed by atoms with E-state index in [4.69, 9.17) is 22.6 Å². The van der Waals surface area contributed by atoms with Gasteiger partial charge in [0, 0.05) is 45.0 Å². The van der Waals surface area contributed by atoms with Crippen LogP contribution < -0.4 is 4.90 Å². The molecule has 1 aromatic carbocycles. The molecule has 0 amide bonds. The van der Waals surface area contributed by atoms with Crippen LogP contribution in [0.1, 0.15) is 31.9 Å². The highest BCUT2D eigenvalue weighted by atomic mass is 32.1. The van der Waals surface area contributed by atoms with Gasteiger partial charge in [-0.05, 0) is 35.3 Å². The zero-order chi connectivity index (χ0) is 22.9. The van der Waals surface area contributed by atoms with Crippen LogP contribution in [0, 0.1) is 16.1 Å². The Morgan fingerprint density at radius 3 is 2.38 bits per heavy atom. The van der Waals surface area contributed by atoms with Gasteiger partial charge in [-0.3, -0.25) is 4.90 Å². The third-order valence-electron chi connectivity index (χ3n) is 5.95. The summed E-state index contributed by atoms with van der Waals surface area (Å²) in [5, 5.41) is 14.0. The molecule has 1 saturated heterocycles. The van der Waals surface area contributed by atoms with Gasteiger partial charge in [-0.2, -0.15) is 10.4 Å². The van der Waals surface area contributed by atoms with Gasteiger partial charge in [0.15, 0.2) is 10.6 Å². The average Bonchev–Trinajstić information content (AvgIpc) is 3.07. The Hall–Kier alpha value is -3.02. The lowest BCUT2D eigenvalue weighted by Gasteiger charge is -2.35. The van der Waals surface area contributed by atoms with Crippen molar-refractivity contribution in [1.82, 2.24) is 24.2 Å². The first kappa shape index (κ1) is 22.2. The summed E-state index contributed by atoms with van der Waals surface area (Å²) in [4.78, 5) is 8.99. The fraction of sp³-hybridized carbons (Fsp3) is 0.417. The summed E-state index contributed by atoms with van der Waals surface area (Å²) in [6.07, 6.45) is 1.70. The van der Waals surface area contributed by atoms with E-state index in [1.165, 1.54) is 5.56 Å². The number of hydrogen-bond acceptors (Lipinski definition) is 6. The Balaban J connectivity index is 1.45. The highest BCUT2D eigenvalue weighted by Crippen LogP contribution is 2.25. The van der Waals surface area contributed by atoms with Crippen LogP contribution in [-0.2, 0) is 19.1 Å². The molecule has 8 heteroatoms. The summed E-state index contributed by atoms with van der Waals surface area (Å²) in [7, 11) is 1.98. The second-order valence-corrected chi connectivity index (χ2v) is 9.62. The fourth-order valence-electron chi connectivity index (χ4n) is 3.92. The highest BCUT2D eigenvalue weighted by Gasteiger charge is 2.20. The minimum atomic E-state index is 0.122. The quantitative estimate of drug-likeness (QED) is 0.564. The van der Waals surface area contributed by atoms with Crippen LogP contribution in [0.2, 0.25) is 0 Å². The van der Waals surface area contributed by atoms with Crippen molar-refractivity contribution in [2.24, 2.45) is 7.05 Å². The van der Waals surface area contributed by atoms with Gasteiger partial charge in [-0.15, -0.1) is 0 Å². The SMILES string of the molecule is Cn1c(-c2ccc(C(C)(C)C)cc2)nn(CN2CCN(c3cc(C#N)ccn3)CC2)c1=S. The first-order chi connectivity index (χ1) is 15.3. The molecule has 0 saturated carbocycles. The van der Waals surface area contributed by atoms with E-state index in [1.807, 2.05) is 22.4 Å². The van der Waals surface area contributed by atoms with Crippen LogP contribution in [0.3, 0.4) is 0 Å². The summed E-state index contributed by atoms with van der Waals surface area (Å²) in [5.41, 5.74) is 3.13. The Morgan fingerprint density at radius 2 is 1.75 bits per heavy atom. The Morgan fingerprint density at radius 1 is 1.06 bits per heavy atom. The normalized spacial score (nSPS) is 15.0. The zero-order valence-corrected chi connectivity index (χ0v) is 19.9. The Labute approximate surface area is 194 Å². The third-order valence-corrected chi connectivity index (χ3v) is 6.44. The average molecular weight is 448 g/mol. The summed E-state index contributed by atoms with van der Waals surface area (Å²) < 4.78 is 4.60. The standard InChI is InChI=1S/C24H29N7S/c1-24(2,3)20-7-5-19(6-8-20)22-27-31(23(32)28(22)4)17-29-11-13-30(14-12-29)21-15-18(16-25)9-10-26-21/h5-10,15H,11-14,17H2,1-4H3. The van der Waals surface area contributed by atoms with Crippen LogP contribution in [0.15, 0.2) is 42.6 Å². The molecule has 2 aromatic heterocycles. The summed E-state index contributed by atoms with van der Waals surface area (Å²) >= 11 is 5.68. The number of anilines is 1. The van der Waals surface area contributed by atoms with Crippen molar-refractivity contribution in [1.29, 1.82) is 5.26 Å². The molecule has 1 fully saturated rings. The second-order valence-electron chi connectivity index (χ2n) is 9.25. The molecule has 1 aliphatic rings. The maximum Gasteiger partial charge on any atom is 0.199 e. The lowest BCUT2D eigenvalue weighted by molar-refractivity contribution is 0.194. The van der Waals surface area contributed by atoms with Crippen LogP contribution in [-0.4, -0.2) is 50.4 Å². The molecule has 0 aliphatic carbocycles. The molecule has 4 rings (SSSR count). The lowest BCUT2D eigenvalue weighted by atomic mass is 9.87. The molecule has 0 unspecified atom stereocenters. The van der Waals surface area contributed by atoms with E-state index in [1.54, 1.807) is 12.3 Å². The van der Waals surface area contributed by atoms with Gasteiger partial charge in [0.05, 0.1) is 18.3 Å². The van der Waals surface area contributed by atoms with Gasteiger partial charge in [0.2, 0.25) is 0 Å². The number of nitriles is 1. The van der Waals surface area contributed by atoms with Crippen molar-refractivity contribution in [3.8, 4) is 17.5 Å². The Bertz CT molecular complexity index is 1190. The molecule has 0 radical (unpaired) electrons. The predicted octanol–water partition coefficient (Wildman–Crippen LogP) is 3.96. The van der Waals surface area contributed by atoms with Gasteiger partial charge in [-0.25, -0.2) is 9.67 Å². The van der Waals surface area contributed by atoms with Gasteiger partial charge in [-0.1, -0.05) is 45.0 Å². The van der Waals surface area contributed by atoms with Crippen LogP contribution in [0.4, 0.5) is 5.82 Å². The molecule has 0 bridgehead atoms. The number of benzene rings is 1. The third kappa shape index (κ3) is 4.59. The van der Waals surface area contributed by atoms with Gasteiger partial charge >= 0.3 is 0 Å². The lowest BCUT2D eigenvalue weighted by Crippen LogP contribution is -2.47. The van der Waals surface area contributed by atoms with Crippen molar-refractivity contribution in [2.75, 3.05) is 31.1 Å². The largest absolute Gasteiger partial charge is 0.354 e. The second kappa shape index (κ2) is 8.85. The molecule has 7 nitrogen and oxygen atoms in total. The van der Waals surface area contributed by atoms with Gasteiger partial charge in [0.25, 0.3) is 0 Å². The highest BCUT2D eigenvalue weighted by molar-refractivity contribution is 7.71. The molecule has 1 aliphatic heterocycles. The van der Waals surface area contributed by atoms with Crippen LogP contribution >= 0.6 is 12.2 Å². The van der Waals surface area contributed by atoms with Crippen molar-refractivity contribution in [2.45, 2.75) is 32.9 Å². The summed E-state index contributed by atoms with van der Waals surface area (Å²) in [6, 6.07) is 14.4. The van der Waals surface area contributed by atoms with E-state index in [0.29, 0.717) is 17.0 Å². The summed E-state index contributed by atoms with van der Waals surface area (Å²) in [5.74, 6) is 1.74. The first-order valence-electron chi connectivity index (χ1n) is 10.8. The molecular formula is C24H29N7S. The van der Waals surface area contributed by atoms with E-state index in [2.05, 4.69) is 65.9 Å². The molecule has 3 heterocycles. The molecular weight excluding hydrogens is 418 g/mol. The van der Waals surface area contributed by atoms with E-state index < -0.39 is 0 Å². The molecule has 32 heavy (non-hydrogen) atoms. The number of rotatable bonds is 4. The van der Waals surface area contributed by atoms with E-state index in [0.717, 1.165) is 43.4 Å². The fourth-order valence-corrected chi connectivity index (χ4v) is 4.10. The predicted molar refractivity (Wildman–Crippen MR) is 129 cm³/mol. The van der Waals surface area contributed by atoms with E-state index in [9.17, 15) is 0 Å². The molecule has 3 aromatic rings. The van der Waals surface area contributed by atoms with E-state index >= 15 is 0 Å².